The van der Waals surface area contributed by atoms with Crippen LogP contribution in [-0.2, 0) is 0 Å². The van der Waals surface area contributed by atoms with Crippen LogP contribution in [0.25, 0.3) is 28.4 Å². The fourth-order valence-electron chi connectivity index (χ4n) is 2.95. The normalized spacial score (nSPS) is 13.6. The van der Waals surface area contributed by atoms with Crippen LogP contribution in [-0.4, -0.2) is 4.98 Å². The molecule has 0 atom stereocenters. The van der Waals surface area contributed by atoms with Crippen molar-refractivity contribution < 1.29 is 0 Å². The first-order valence-electron chi connectivity index (χ1n) is 7.44. The van der Waals surface area contributed by atoms with Crippen LogP contribution < -0.4 is 15.3 Å². The molecule has 0 fully saturated rings. The van der Waals surface area contributed by atoms with E-state index in [1.165, 1.54) is 0 Å². The van der Waals surface area contributed by atoms with E-state index in [4.69, 9.17) is 0 Å². The van der Waals surface area contributed by atoms with Crippen LogP contribution >= 0.6 is 11.9 Å². The Bertz CT molecular complexity index is 985. The molecular formula is C20H16N2S. The summed E-state index contributed by atoms with van der Waals surface area (Å²) in [7, 11) is 0. The summed E-state index contributed by atoms with van der Waals surface area (Å²) in [6.45, 7) is 8.45. The highest BCUT2D eigenvalue weighted by molar-refractivity contribution is 8.06. The molecule has 0 unspecified atom stereocenters. The van der Waals surface area contributed by atoms with Crippen LogP contribution in [0.2, 0.25) is 0 Å². The summed E-state index contributed by atoms with van der Waals surface area (Å²) in [5.41, 5.74) is 5.61. The van der Waals surface area contributed by atoms with E-state index in [9.17, 15) is 0 Å². The van der Waals surface area contributed by atoms with Gasteiger partial charge in [-0.05, 0) is 23.1 Å². The average molecular weight is 316 g/mol. The monoisotopic (exact) mass is 316 g/mol. The molecule has 2 aromatic carbocycles. The van der Waals surface area contributed by atoms with Crippen molar-refractivity contribution in [2.24, 2.45) is 0 Å². The standard InChI is InChI=1S/C20H16N2S/c1-13-17-18(19(21-13)15-9-5-3-6-10-15)14(2)23-22-20(17)16-11-7-4-8-12-16/h3-12,21-22H,1-2H2. The first kappa shape index (κ1) is 14.0. The average Bonchev–Trinajstić information content (AvgIpc) is 2.96. The van der Waals surface area contributed by atoms with Crippen molar-refractivity contribution in [1.29, 1.82) is 0 Å². The van der Waals surface area contributed by atoms with E-state index in [1.54, 1.807) is 11.9 Å². The lowest BCUT2D eigenvalue weighted by Crippen LogP contribution is -2.32. The molecule has 1 aromatic heterocycles. The van der Waals surface area contributed by atoms with Gasteiger partial charge in [0.2, 0.25) is 0 Å². The van der Waals surface area contributed by atoms with Crippen molar-refractivity contribution in [2.45, 2.75) is 0 Å². The molecule has 4 rings (SSSR count). The Morgan fingerprint density at radius 2 is 1.39 bits per heavy atom. The molecule has 1 aliphatic rings. The van der Waals surface area contributed by atoms with Gasteiger partial charge in [-0.15, -0.1) is 0 Å². The van der Waals surface area contributed by atoms with E-state index in [0.717, 1.165) is 43.6 Å². The maximum atomic E-state index is 4.22. The van der Waals surface area contributed by atoms with Crippen LogP contribution in [0, 0.1) is 0 Å². The van der Waals surface area contributed by atoms with E-state index < -0.39 is 0 Å². The predicted molar refractivity (Wildman–Crippen MR) is 99.7 cm³/mol. The number of aromatic amines is 1. The van der Waals surface area contributed by atoms with E-state index in [2.05, 4.69) is 47.1 Å². The highest BCUT2D eigenvalue weighted by Crippen LogP contribution is 2.33. The first-order valence-corrected chi connectivity index (χ1v) is 8.25. The fourth-order valence-corrected chi connectivity index (χ4v) is 3.70. The third-order valence-corrected chi connectivity index (χ3v) is 4.76. The molecule has 0 saturated carbocycles. The zero-order chi connectivity index (χ0) is 15.8. The second-order valence-electron chi connectivity index (χ2n) is 5.46. The largest absolute Gasteiger partial charge is 0.354 e. The van der Waals surface area contributed by atoms with Crippen molar-refractivity contribution in [1.82, 2.24) is 9.71 Å². The number of benzene rings is 2. The van der Waals surface area contributed by atoms with Gasteiger partial charge in [-0.3, -0.25) is 0 Å². The summed E-state index contributed by atoms with van der Waals surface area (Å²) < 4.78 is 3.42. The topological polar surface area (TPSA) is 27.8 Å². The van der Waals surface area contributed by atoms with Gasteiger partial charge in [0, 0.05) is 21.0 Å². The van der Waals surface area contributed by atoms with Gasteiger partial charge in [-0.25, -0.2) is 0 Å². The Labute approximate surface area is 139 Å². The lowest BCUT2D eigenvalue weighted by Gasteiger charge is -2.18. The minimum Gasteiger partial charge on any atom is -0.354 e. The minimum atomic E-state index is 0.909. The smallest absolute Gasteiger partial charge is 0.0617 e. The summed E-state index contributed by atoms with van der Waals surface area (Å²) in [5, 5.41) is 2.02. The molecular weight excluding hydrogens is 300 g/mol. The summed E-state index contributed by atoms with van der Waals surface area (Å²) in [6, 6.07) is 20.7. The number of nitrogens with one attached hydrogen (secondary N) is 2. The van der Waals surface area contributed by atoms with Crippen LogP contribution in [0.3, 0.4) is 0 Å². The van der Waals surface area contributed by atoms with E-state index in [1.807, 2.05) is 36.4 Å². The number of rotatable bonds is 2. The van der Waals surface area contributed by atoms with Crippen molar-refractivity contribution in [3.05, 3.63) is 88.9 Å². The molecule has 2 heterocycles. The van der Waals surface area contributed by atoms with Crippen LogP contribution in [0.1, 0.15) is 11.1 Å². The Morgan fingerprint density at radius 3 is 2.04 bits per heavy atom. The molecule has 23 heavy (non-hydrogen) atoms. The van der Waals surface area contributed by atoms with E-state index in [0.29, 0.717) is 0 Å². The quantitative estimate of drug-likeness (QED) is 0.709. The highest BCUT2D eigenvalue weighted by atomic mass is 32.2. The molecule has 0 radical (unpaired) electrons. The number of H-pyrrole nitrogens is 1. The van der Waals surface area contributed by atoms with Gasteiger partial charge in [0.25, 0.3) is 0 Å². The molecule has 1 aliphatic heterocycles. The van der Waals surface area contributed by atoms with Gasteiger partial charge in [0.15, 0.2) is 0 Å². The lowest BCUT2D eigenvalue weighted by molar-refractivity contribution is 1.29. The number of hydrogen-bond acceptors (Lipinski definition) is 2. The van der Waals surface area contributed by atoms with Crippen LogP contribution in [0.15, 0.2) is 67.2 Å². The van der Waals surface area contributed by atoms with E-state index in [-0.39, 0.29) is 0 Å². The van der Waals surface area contributed by atoms with Crippen molar-refractivity contribution in [2.75, 3.05) is 0 Å². The van der Waals surface area contributed by atoms with Gasteiger partial charge in [-0.1, -0.05) is 73.8 Å². The second kappa shape index (κ2) is 5.52. The molecule has 0 spiro atoms. The van der Waals surface area contributed by atoms with E-state index >= 15 is 0 Å². The third-order valence-electron chi connectivity index (χ3n) is 4.01. The summed E-state index contributed by atoms with van der Waals surface area (Å²) in [6.07, 6.45) is 0. The number of hydrogen-bond donors (Lipinski definition) is 2. The van der Waals surface area contributed by atoms with Gasteiger partial charge in [0.05, 0.1) is 11.4 Å². The molecule has 0 amide bonds. The zero-order valence-electron chi connectivity index (χ0n) is 12.6. The third kappa shape index (κ3) is 2.30. The van der Waals surface area contributed by atoms with Gasteiger partial charge in [-0.2, -0.15) is 0 Å². The van der Waals surface area contributed by atoms with Gasteiger partial charge < -0.3 is 9.71 Å². The Kier molecular flexibility index (Phi) is 3.36. The lowest BCUT2D eigenvalue weighted by atomic mass is 10.0. The SMILES string of the molecule is C=C1SNC(c2ccccc2)=c2c1c(-c1ccccc1)[nH]c2=C. The number of aromatic nitrogens is 1. The highest BCUT2D eigenvalue weighted by Gasteiger charge is 2.21. The minimum absolute atomic E-state index is 0.909. The summed E-state index contributed by atoms with van der Waals surface area (Å²) in [4.78, 5) is 4.46. The molecule has 3 heteroatoms. The van der Waals surface area contributed by atoms with Crippen molar-refractivity contribution in [3.8, 4) is 11.3 Å². The molecule has 112 valence electrons. The molecule has 2 N–H and O–H groups in total. The maximum absolute atomic E-state index is 4.22. The number of fused-ring (bicyclic) bond motifs is 1. The summed E-state index contributed by atoms with van der Waals surface area (Å²) >= 11 is 1.56. The summed E-state index contributed by atoms with van der Waals surface area (Å²) in [5.74, 6) is 0. The fraction of sp³-hybridized carbons (Fsp3) is 0. The maximum Gasteiger partial charge on any atom is 0.0617 e. The van der Waals surface area contributed by atoms with Gasteiger partial charge in [0.1, 0.15) is 0 Å². The van der Waals surface area contributed by atoms with Crippen LogP contribution in [0.5, 0.6) is 0 Å². The van der Waals surface area contributed by atoms with Gasteiger partial charge >= 0.3 is 0 Å². The molecule has 2 nitrogen and oxygen atoms in total. The van der Waals surface area contributed by atoms with Crippen molar-refractivity contribution in [3.63, 3.8) is 0 Å². The second-order valence-corrected chi connectivity index (χ2v) is 6.36. The Hall–Kier alpha value is -2.65. The molecule has 0 saturated heterocycles. The Balaban J connectivity index is 2.07. The predicted octanol–water partition coefficient (Wildman–Crippen LogP) is 3.47. The van der Waals surface area contributed by atoms with Crippen molar-refractivity contribution >= 4 is 29.1 Å². The first-order chi connectivity index (χ1) is 11.3. The van der Waals surface area contributed by atoms with Crippen LogP contribution in [0.4, 0.5) is 0 Å². The molecule has 0 aliphatic carbocycles. The molecule has 3 aromatic rings. The zero-order valence-corrected chi connectivity index (χ0v) is 13.4. The Morgan fingerprint density at radius 1 is 0.783 bits per heavy atom. The molecule has 0 bridgehead atoms.